The molecule has 0 aromatic carbocycles. The van der Waals surface area contributed by atoms with Gasteiger partial charge in [0.25, 0.3) is 0 Å². The summed E-state index contributed by atoms with van der Waals surface area (Å²) in [5.41, 5.74) is 0. The zero-order valence-electron chi connectivity index (χ0n) is 8.87. The van der Waals surface area contributed by atoms with Crippen LogP contribution < -0.4 is 0 Å². The molecule has 1 saturated carbocycles. The Kier molecular flexibility index (Phi) is 5.78. The summed E-state index contributed by atoms with van der Waals surface area (Å²) in [5.74, 6) is 0. The quantitative estimate of drug-likeness (QED) is 0.486. The van der Waals surface area contributed by atoms with E-state index in [0.29, 0.717) is 13.2 Å². The van der Waals surface area contributed by atoms with Crippen molar-refractivity contribution in [3.8, 4) is 0 Å². The molecule has 0 N–H and O–H groups in total. The Morgan fingerprint density at radius 2 is 2.00 bits per heavy atom. The molecule has 3 nitrogen and oxygen atoms in total. The third kappa shape index (κ3) is 3.39. The van der Waals surface area contributed by atoms with Crippen molar-refractivity contribution in [2.45, 2.75) is 37.4 Å². The molecule has 1 fully saturated rings. The average Bonchev–Trinajstić information content (AvgIpc) is 2.17. The number of halogens is 1. The summed E-state index contributed by atoms with van der Waals surface area (Å²) in [5, 5.41) is 0.120. The van der Waals surface area contributed by atoms with Gasteiger partial charge in [-0.1, -0.05) is 6.92 Å². The number of alkyl halides is 1. The monoisotopic (exact) mass is 222 g/mol. The molecule has 0 spiro atoms. The van der Waals surface area contributed by atoms with E-state index in [0.717, 1.165) is 19.4 Å². The van der Waals surface area contributed by atoms with Gasteiger partial charge >= 0.3 is 0 Å². The van der Waals surface area contributed by atoms with Gasteiger partial charge in [-0.2, -0.15) is 0 Å². The molecule has 0 radical (unpaired) electrons. The van der Waals surface area contributed by atoms with Crippen molar-refractivity contribution in [2.24, 2.45) is 0 Å². The summed E-state index contributed by atoms with van der Waals surface area (Å²) in [6, 6.07) is 0. The van der Waals surface area contributed by atoms with Crippen molar-refractivity contribution in [3.05, 3.63) is 0 Å². The minimum absolute atomic E-state index is 0.0773. The van der Waals surface area contributed by atoms with Gasteiger partial charge in [-0.05, 0) is 12.8 Å². The van der Waals surface area contributed by atoms with Gasteiger partial charge < -0.3 is 14.2 Å². The van der Waals surface area contributed by atoms with Crippen LogP contribution in [-0.4, -0.2) is 44.5 Å². The van der Waals surface area contributed by atoms with E-state index in [9.17, 15) is 0 Å². The molecule has 14 heavy (non-hydrogen) atoms. The van der Waals surface area contributed by atoms with Crippen molar-refractivity contribution in [1.82, 2.24) is 0 Å². The van der Waals surface area contributed by atoms with E-state index in [1.807, 2.05) is 0 Å². The van der Waals surface area contributed by atoms with Gasteiger partial charge in [0.1, 0.15) is 6.10 Å². The lowest BCUT2D eigenvalue weighted by molar-refractivity contribution is -0.129. The third-order valence-electron chi connectivity index (χ3n) is 2.31. The molecule has 1 aliphatic rings. The molecule has 0 heterocycles. The summed E-state index contributed by atoms with van der Waals surface area (Å²) < 4.78 is 16.1. The lowest BCUT2D eigenvalue weighted by atomic mass is 9.91. The molecule has 0 aliphatic heterocycles. The second-order valence-electron chi connectivity index (χ2n) is 3.49. The zero-order valence-corrected chi connectivity index (χ0v) is 9.63. The van der Waals surface area contributed by atoms with Crippen LogP contribution in [0, 0.1) is 0 Å². The standard InChI is InChI=1S/C10H19ClO3/c1-3-4-14-10-8(11)7-9(10)13-6-5-12-2/h8-10H,3-7H2,1-2H3. The highest BCUT2D eigenvalue weighted by atomic mass is 35.5. The molecular formula is C10H19ClO3. The van der Waals surface area contributed by atoms with E-state index in [1.165, 1.54) is 0 Å². The molecule has 0 aromatic heterocycles. The van der Waals surface area contributed by atoms with Crippen LogP contribution in [0.25, 0.3) is 0 Å². The first-order valence-corrected chi connectivity index (χ1v) is 5.59. The fourth-order valence-corrected chi connectivity index (χ4v) is 1.85. The maximum Gasteiger partial charge on any atom is 0.100 e. The molecular weight excluding hydrogens is 204 g/mol. The third-order valence-corrected chi connectivity index (χ3v) is 2.74. The van der Waals surface area contributed by atoms with Crippen LogP contribution in [0.1, 0.15) is 19.8 Å². The van der Waals surface area contributed by atoms with Crippen LogP contribution in [0.5, 0.6) is 0 Å². The van der Waals surface area contributed by atoms with Crippen LogP contribution in [0.2, 0.25) is 0 Å². The van der Waals surface area contributed by atoms with Crippen molar-refractivity contribution in [2.75, 3.05) is 26.9 Å². The molecule has 0 bridgehead atoms. The second-order valence-corrected chi connectivity index (χ2v) is 4.05. The number of rotatable bonds is 7. The first-order valence-electron chi connectivity index (χ1n) is 5.15. The highest BCUT2D eigenvalue weighted by Gasteiger charge is 2.41. The van der Waals surface area contributed by atoms with Gasteiger partial charge in [0, 0.05) is 13.7 Å². The molecule has 0 aromatic rings. The van der Waals surface area contributed by atoms with Gasteiger partial charge in [-0.15, -0.1) is 11.6 Å². The molecule has 4 heteroatoms. The van der Waals surface area contributed by atoms with Crippen LogP contribution in [0.3, 0.4) is 0 Å². The van der Waals surface area contributed by atoms with E-state index < -0.39 is 0 Å². The van der Waals surface area contributed by atoms with Crippen molar-refractivity contribution in [3.63, 3.8) is 0 Å². The summed E-state index contributed by atoms with van der Waals surface area (Å²) in [6.07, 6.45) is 2.15. The van der Waals surface area contributed by atoms with E-state index >= 15 is 0 Å². The highest BCUT2D eigenvalue weighted by molar-refractivity contribution is 6.21. The largest absolute Gasteiger partial charge is 0.382 e. The van der Waals surface area contributed by atoms with E-state index in [4.69, 9.17) is 25.8 Å². The van der Waals surface area contributed by atoms with Crippen LogP contribution >= 0.6 is 11.6 Å². The maximum absolute atomic E-state index is 6.02. The van der Waals surface area contributed by atoms with Gasteiger partial charge in [-0.3, -0.25) is 0 Å². The first-order chi connectivity index (χ1) is 6.79. The molecule has 3 atom stereocenters. The molecule has 84 valence electrons. The van der Waals surface area contributed by atoms with Crippen molar-refractivity contribution in [1.29, 1.82) is 0 Å². The Balaban J connectivity index is 2.12. The summed E-state index contributed by atoms with van der Waals surface area (Å²) in [6.45, 7) is 4.10. The topological polar surface area (TPSA) is 27.7 Å². The van der Waals surface area contributed by atoms with Crippen molar-refractivity contribution >= 4 is 11.6 Å². The van der Waals surface area contributed by atoms with Crippen molar-refractivity contribution < 1.29 is 14.2 Å². The lowest BCUT2D eigenvalue weighted by Gasteiger charge is -2.40. The Bertz CT molecular complexity index is 154. The normalized spacial score (nSPS) is 31.5. The van der Waals surface area contributed by atoms with Crippen LogP contribution in [-0.2, 0) is 14.2 Å². The summed E-state index contributed by atoms with van der Waals surface area (Å²) >= 11 is 6.02. The Labute approximate surface area is 90.7 Å². The number of ether oxygens (including phenoxy) is 3. The SMILES string of the molecule is CCCOC1C(Cl)CC1OCCOC. The van der Waals surface area contributed by atoms with Gasteiger partial charge in [0.15, 0.2) is 0 Å². The number of hydrogen-bond donors (Lipinski definition) is 0. The van der Waals surface area contributed by atoms with E-state index in [1.54, 1.807) is 7.11 Å². The molecule has 1 rings (SSSR count). The number of hydrogen-bond acceptors (Lipinski definition) is 3. The van der Waals surface area contributed by atoms with Gasteiger partial charge in [-0.25, -0.2) is 0 Å². The fraction of sp³-hybridized carbons (Fsp3) is 1.00. The first kappa shape index (κ1) is 12.2. The molecule has 1 aliphatic carbocycles. The van der Waals surface area contributed by atoms with E-state index in [-0.39, 0.29) is 17.6 Å². The van der Waals surface area contributed by atoms with Crippen LogP contribution in [0.4, 0.5) is 0 Å². The lowest BCUT2D eigenvalue weighted by Crippen LogP contribution is -2.51. The van der Waals surface area contributed by atoms with E-state index in [2.05, 4.69) is 6.92 Å². The average molecular weight is 223 g/mol. The highest BCUT2D eigenvalue weighted by Crippen LogP contribution is 2.31. The predicted molar refractivity (Wildman–Crippen MR) is 55.9 cm³/mol. The minimum Gasteiger partial charge on any atom is -0.382 e. The van der Waals surface area contributed by atoms with Crippen LogP contribution in [0.15, 0.2) is 0 Å². The molecule has 0 amide bonds. The summed E-state index contributed by atoms with van der Waals surface area (Å²) in [4.78, 5) is 0. The minimum atomic E-state index is 0.0773. The number of methoxy groups -OCH3 is 1. The molecule has 0 saturated heterocycles. The predicted octanol–water partition coefficient (Wildman–Crippen LogP) is 1.82. The Morgan fingerprint density at radius 3 is 2.57 bits per heavy atom. The van der Waals surface area contributed by atoms with Gasteiger partial charge in [0.05, 0.1) is 24.7 Å². The fourth-order valence-electron chi connectivity index (χ4n) is 1.44. The Morgan fingerprint density at radius 1 is 1.21 bits per heavy atom. The zero-order chi connectivity index (χ0) is 10.4. The maximum atomic E-state index is 6.02. The van der Waals surface area contributed by atoms with Gasteiger partial charge in [0.2, 0.25) is 0 Å². The summed E-state index contributed by atoms with van der Waals surface area (Å²) in [7, 11) is 1.67. The second kappa shape index (κ2) is 6.62. The molecule has 3 unspecified atom stereocenters. The smallest absolute Gasteiger partial charge is 0.100 e. The Hall–Kier alpha value is 0.170.